The monoisotopic (exact) mass is 280 g/mol. The Morgan fingerprint density at radius 1 is 1.20 bits per heavy atom. The second kappa shape index (κ2) is 6.20. The van der Waals surface area contributed by atoms with Gasteiger partial charge in [0, 0.05) is 25.0 Å². The molecule has 5 heteroatoms. The fraction of sp³-hybridized carbons (Fsp3) is 0.667. The summed E-state index contributed by atoms with van der Waals surface area (Å²) in [6, 6.07) is 0. The van der Waals surface area contributed by atoms with E-state index < -0.39 is 11.8 Å². The average molecular weight is 280 g/mol. The number of carbonyl (C=O) groups excluding carboxylic acids is 1. The van der Waals surface area contributed by atoms with E-state index in [1.54, 1.807) is 6.20 Å². The summed E-state index contributed by atoms with van der Waals surface area (Å²) in [7, 11) is 0. The summed E-state index contributed by atoms with van der Waals surface area (Å²) in [5.41, 5.74) is 0.680. The highest BCUT2D eigenvalue weighted by atomic mass is 16.8. The SMILES string of the molecule is CC(C)(C)OC(=O)ON1C=CC(N2CCCCC2)=CC1. The molecule has 0 spiro atoms. The first-order chi connectivity index (χ1) is 9.44. The molecule has 0 amide bonds. The number of likely N-dealkylation sites (tertiary alicyclic amines) is 1. The van der Waals surface area contributed by atoms with E-state index in [1.165, 1.54) is 30.0 Å². The normalized spacial score (nSPS) is 19.6. The Bertz CT molecular complexity index is 404. The van der Waals surface area contributed by atoms with E-state index in [2.05, 4.69) is 11.0 Å². The average Bonchev–Trinajstić information content (AvgIpc) is 2.38. The number of hydrogen-bond acceptors (Lipinski definition) is 5. The van der Waals surface area contributed by atoms with Gasteiger partial charge in [-0.25, -0.2) is 9.86 Å². The minimum atomic E-state index is -0.669. The number of allylic oxidation sites excluding steroid dienone is 1. The number of ether oxygens (including phenoxy) is 1. The van der Waals surface area contributed by atoms with Gasteiger partial charge >= 0.3 is 6.16 Å². The maximum atomic E-state index is 11.6. The number of carbonyl (C=O) groups is 1. The highest BCUT2D eigenvalue weighted by Gasteiger charge is 2.21. The molecule has 0 aromatic heterocycles. The molecule has 112 valence electrons. The standard InChI is InChI=1S/C15H24N2O3/c1-15(2,3)19-14(18)20-17-11-7-13(8-12-17)16-9-5-4-6-10-16/h7-8,11H,4-6,9-10,12H2,1-3H3. The van der Waals surface area contributed by atoms with Crippen molar-refractivity contribution in [1.82, 2.24) is 9.96 Å². The molecule has 20 heavy (non-hydrogen) atoms. The van der Waals surface area contributed by atoms with Crippen LogP contribution in [0.4, 0.5) is 4.79 Å². The van der Waals surface area contributed by atoms with Gasteiger partial charge in [-0.1, -0.05) is 0 Å². The van der Waals surface area contributed by atoms with Crippen molar-refractivity contribution in [1.29, 1.82) is 0 Å². The van der Waals surface area contributed by atoms with Gasteiger partial charge in [0.2, 0.25) is 0 Å². The first-order valence-electron chi connectivity index (χ1n) is 7.25. The minimum absolute atomic E-state index is 0.536. The quantitative estimate of drug-likeness (QED) is 0.727. The van der Waals surface area contributed by atoms with Crippen LogP contribution >= 0.6 is 0 Å². The van der Waals surface area contributed by atoms with E-state index in [9.17, 15) is 4.79 Å². The Kier molecular flexibility index (Phi) is 4.57. The lowest BCUT2D eigenvalue weighted by molar-refractivity contribution is -0.109. The van der Waals surface area contributed by atoms with Gasteiger partial charge < -0.3 is 14.5 Å². The largest absolute Gasteiger partial charge is 0.533 e. The fourth-order valence-electron chi connectivity index (χ4n) is 2.29. The second-order valence-electron chi connectivity index (χ2n) is 6.15. The fourth-order valence-corrected chi connectivity index (χ4v) is 2.29. The molecule has 1 saturated heterocycles. The number of nitrogens with zero attached hydrogens (tertiary/aromatic N) is 2. The van der Waals surface area contributed by atoms with Crippen LogP contribution in [0.1, 0.15) is 40.0 Å². The van der Waals surface area contributed by atoms with Crippen molar-refractivity contribution in [3.8, 4) is 0 Å². The number of hydroxylamine groups is 2. The number of rotatable bonds is 2. The molecule has 0 aromatic rings. The van der Waals surface area contributed by atoms with E-state index in [4.69, 9.17) is 9.57 Å². The Hall–Kier alpha value is -1.65. The van der Waals surface area contributed by atoms with Crippen molar-refractivity contribution in [3.05, 3.63) is 24.0 Å². The van der Waals surface area contributed by atoms with Gasteiger partial charge in [-0.2, -0.15) is 0 Å². The lowest BCUT2D eigenvalue weighted by Gasteiger charge is -2.32. The van der Waals surface area contributed by atoms with Gasteiger partial charge in [0.15, 0.2) is 0 Å². The molecule has 2 rings (SSSR count). The van der Waals surface area contributed by atoms with Crippen LogP contribution in [0, 0.1) is 0 Å². The molecule has 0 aliphatic carbocycles. The van der Waals surface area contributed by atoms with Gasteiger partial charge in [-0.3, -0.25) is 0 Å². The highest BCUT2D eigenvalue weighted by molar-refractivity contribution is 5.60. The molecule has 0 unspecified atom stereocenters. The predicted octanol–water partition coefficient (Wildman–Crippen LogP) is 3.05. The maximum absolute atomic E-state index is 11.6. The molecule has 2 heterocycles. The van der Waals surface area contributed by atoms with Gasteiger partial charge in [-0.05, 0) is 52.2 Å². The Morgan fingerprint density at radius 2 is 1.90 bits per heavy atom. The van der Waals surface area contributed by atoms with E-state index in [0.717, 1.165) is 13.1 Å². The first-order valence-corrected chi connectivity index (χ1v) is 7.25. The van der Waals surface area contributed by atoms with Crippen LogP contribution in [0.15, 0.2) is 24.0 Å². The lowest BCUT2D eigenvalue weighted by Crippen LogP contribution is -2.33. The molecule has 0 aromatic carbocycles. The van der Waals surface area contributed by atoms with Gasteiger partial charge in [0.25, 0.3) is 0 Å². The van der Waals surface area contributed by atoms with Crippen LogP contribution in [0.2, 0.25) is 0 Å². The predicted molar refractivity (Wildman–Crippen MR) is 76.7 cm³/mol. The van der Waals surface area contributed by atoms with Crippen LogP contribution in [0.25, 0.3) is 0 Å². The Labute approximate surface area is 120 Å². The summed E-state index contributed by atoms with van der Waals surface area (Å²) >= 11 is 0. The van der Waals surface area contributed by atoms with Crippen molar-refractivity contribution in [2.24, 2.45) is 0 Å². The second-order valence-corrected chi connectivity index (χ2v) is 6.15. The zero-order valence-corrected chi connectivity index (χ0v) is 12.6. The summed E-state index contributed by atoms with van der Waals surface area (Å²) in [5.74, 6) is 0. The van der Waals surface area contributed by atoms with Crippen LogP contribution < -0.4 is 0 Å². The number of piperidine rings is 1. The zero-order valence-electron chi connectivity index (χ0n) is 12.6. The van der Waals surface area contributed by atoms with Crippen molar-refractivity contribution in [3.63, 3.8) is 0 Å². The Morgan fingerprint density at radius 3 is 2.45 bits per heavy atom. The first kappa shape index (κ1) is 14.8. The van der Waals surface area contributed by atoms with E-state index in [1.807, 2.05) is 26.8 Å². The van der Waals surface area contributed by atoms with E-state index in [-0.39, 0.29) is 0 Å². The highest BCUT2D eigenvalue weighted by Crippen LogP contribution is 2.18. The van der Waals surface area contributed by atoms with Crippen molar-refractivity contribution in [2.75, 3.05) is 19.6 Å². The van der Waals surface area contributed by atoms with Crippen LogP contribution in [0.3, 0.4) is 0 Å². The smallest absolute Gasteiger partial charge is 0.427 e. The molecular formula is C15H24N2O3. The summed E-state index contributed by atoms with van der Waals surface area (Å²) in [5, 5.41) is 1.49. The van der Waals surface area contributed by atoms with Gasteiger partial charge in [-0.15, -0.1) is 0 Å². The molecular weight excluding hydrogens is 256 g/mol. The van der Waals surface area contributed by atoms with Crippen molar-refractivity contribution in [2.45, 2.75) is 45.6 Å². The van der Waals surface area contributed by atoms with Crippen molar-refractivity contribution >= 4 is 6.16 Å². The van der Waals surface area contributed by atoms with Gasteiger partial charge in [0.05, 0.1) is 6.54 Å². The third-order valence-electron chi connectivity index (χ3n) is 3.19. The summed E-state index contributed by atoms with van der Waals surface area (Å²) < 4.78 is 5.12. The topological polar surface area (TPSA) is 42.0 Å². The maximum Gasteiger partial charge on any atom is 0.533 e. The number of hydrogen-bond donors (Lipinski definition) is 0. The minimum Gasteiger partial charge on any atom is -0.427 e. The Balaban J connectivity index is 1.80. The molecule has 2 aliphatic rings. The van der Waals surface area contributed by atoms with Crippen LogP contribution in [-0.4, -0.2) is 41.4 Å². The molecule has 0 N–H and O–H groups in total. The molecule has 5 nitrogen and oxygen atoms in total. The summed E-state index contributed by atoms with van der Waals surface area (Å²) in [6.07, 6.45) is 9.01. The molecule has 0 radical (unpaired) electrons. The molecule has 0 bridgehead atoms. The van der Waals surface area contributed by atoms with E-state index in [0.29, 0.717) is 6.54 Å². The zero-order chi connectivity index (χ0) is 14.6. The van der Waals surface area contributed by atoms with Crippen LogP contribution in [-0.2, 0) is 9.57 Å². The summed E-state index contributed by atoms with van der Waals surface area (Å²) in [4.78, 5) is 19.1. The summed E-state index contributed by atoms with van der Waals surface area (Å²) in [6.45, 7) is 8.23. The van der Waals surface area contributed by atoms with E-state index >= 15 is 0 Å². The lowest BCUT2D eigenvalue weighted by atomic mass is 10.1. The third kappa shape index (κ3) is 4.47. The molecule has 0 atom stereocenters. The molecule has 2 aliphatic heterocycles. The van der Waals surface area contributed by atoms with Crippen LogP contribution in [0.5, 0.6) is 0 Å². The van der Waals surface area contributed by atoms with Crippen molar-refractivity contribution < 1.29 is 14.4 Å². The third-order valence-corrected chi connectivity index (χ3v) is 3.19. The molecule has 1 fully saturated rings. The van der Waals surface area contributed by atoms with Gasteiger partial charge in [0.1, 0.15) is 5.60 Å². The molecule has 0 saturated carbocycles.